The number of alkyl halides is 1. The van der Waals surface area contributed by atoms with Gasteiger partial charge >= 0.3 is 6.09 Å². The number of carbonyl (C=O) groups is 3. The molecule has 5 N–H and O–H groups in total. The van der Waals surface area contributed by atoms with Gasteiger partial charge in [-0.15, -0.1) is 0 Å². The number of aliphatic imine (C=N–C) groups is 1. The fourth-order valence-electron chi connectivity index (χ4n) is 11.0. The monoisotopic (exact) mass is 684 g/mol. The van der Waals surface area contributed by atoms with Gasteiger partial charge in [-0.1, -0.05) is 25.7 Å². The first kappa shape index (κ1) is 34.6. The van der Waals surface area contributed by atoms with Crippen LogP contribution in [0.5, 0.6) is 0 Å². The highest BCUT2D eigenvalue weighted by atomic mass is 19.1. The quantitative estimate of drug-likeness (QED) is 0.164. The number of rotatable bonds is 6. The second-order valence-electron chi connectivity index (χ2n) is 17.1. The number of piperidine rings is 1. The Morgan fingerprint density at radius 1 is 1.00 bits per heavy atom. The van der Waals surface area contributed by atoms with E-state index in [1.54, 1.807) is 0 Å². The zero-order valence-electron chi connectivity index (χ0n) is 29.5. The van der Waals surface area contributed by atoms with Crippen molar-refractivity contribution in [2.24, 2.45) is 52.0 Å². The third-order valence-electron chi connectivity index (χ3n) is 12.9. The van der Waals surface area contributed by atoms with Gasteiger partial charge < -0.3 is 36.1 Å². The van der Waals surface area contributed by atoms with Gasteiger partial charge in [0.2, 0.25) is 0 Å². The lowest BCUT2D eigenvalue weighted by molar-refractivity contribution is -0.224. The second-order valence-corrected chi connectivity index (χ2v) is 17.1. The molecule has 12 unspecified atom stereocenters. The van der Waals surface area contributed by atoms with Crippen molar-refractivity contribution in [1.82, 2.24) is 15.1 Å². The van der Waals surface area contributed by atoms with Gasteiger partial charge in [-0.05, 0) is 95.8 Å². The molecule has 3 heterocycles. The third kappa shape index (κ3) is 6.79. The molecule has 0 spiro atoms. The number of amides is 2. The molecule has 49 heavy (non-hydrogen) atoms. The van der Waals surface area contributed by atoms with Crippen LogP contribution in [0, 0.1) is 35.5 Å². The van der Waals surface area contributed by atoms with Crippen LogP contribution in [0.1, 0.15) is 97.8 Å². The van der Waals surface area contributed by atoms with E-state index in [1.807, 2.05) is 31.9 Å². The number of nitrogens with one attached hydrogen (secondary N) is 1. The zero-order valence-corrected chi connectivity index (χ0v) is 29.5. The molecule has 272 valence electrons. The summed E-state index contributed by atoms with van der Waals surface area (Å²) in [6.07, 6.45) is 10.8. The van der Waals surface area contributed by atoms with Gasteiger partial charge in [0, 0.05) is 43.7 Å². The molecule has 0 aromatic carbocycles. The minimum Gasteiger partial charge on any atom is -0.444 e. The number of ether oxygens (including phenoxy) is 2. The van der Waals surface area contributed by atoms with Gasteiger partial charge in [0.25, 0.3) is 5.91 Å². The summed E-state index contributed by atoms with van der Waals surface area (Å²) in [5.74, 6) is -0.156. The first-order valence-electron chi connectivity index (χ1n) is 19.1. The van der Waals surface area contributed by atoms with Crippen molar-refractivity contribution in [2.45, 2.75) is 140 Å². The number of halogens is 1. The molecule has 7 aliphatic rings. The minimum atomic E-state index is -1.23. The average molecular weight is 685 g/mol. The van der Waals surface area contributed by atoms with E-state index in [-0.39, 0.29) is 65.9 Å². The molecule has 7 rings (SSSR count). The maximum atomic E-state index is 16.9. The predicted octanol–water partition coefficient (Wildman–Crippen LogP) is 4.04. The normalized spacial score (nSPS) is 39.8. The summed E-state index contributed by atoms with van der Waals surface area (Å²) in [4.78, 5) is 49.1. The number of carbonyl (C=O) groups excluding carboxylic acids is 3. The van der Waals surface area contributed by atoms with E-state index in [1.165, 1.54) is 25.7 Å². The molecule has 2 amide bonds. The van der Waals surface area contributed by atoms with E-state index in [4.69, 9.17) is 20.9 Å². The Bertz CT molecular complexity index is 1350. The van der Waals surface area contributed by atoms with Crippen LogP contribution in [-0.4, -0.2) is 95.3 Å². The Balaban J connectivity index is 1.16. The highest BCUT2D eigenvalue weighted by Crippen LogP contribution is 2.55. The lowest BCUT2D eigenvalue weighted by Crippen LogP contribution is -2.71. The molecule has 3 aliphatic heterocycles. The molecule has 0 radical (unpaired) electrons. The molecular formula is C37H57FN6O5. The van der Waals surface area contributed by atoms with Gasteiger partial charge in [0.1, 0.15) is 11.8 Å². The van der Waals surface area contributed by atoms with Gasteiger partial charge in [0.15, 0.2) is 11.7 Å². The van der Waals surface area contributed by atoms with Crippen LogP contribution in [0.15, 0.2) is 16.8 Å². The van der Waals surface area contributed by atoms with E-state index in [0.29, 0.717) is 43.8 Å². The van der Waals surface area contributed by atoms with Crippen molar-refractivity contribution >= 4 is 23.7 Å². The van der Waals surface area contributed by atoms with Crippen molar-refractivity contribution < 1.29 is 28.2 Å². The summed E-state index contributed by atoms with van der Waals surface area (Å²) in [6, 6.07) is -0.209. The van der Waals surface area contributed by atoms with Gasteiger partial charge in [-0.2, -0.15) is 0 Å². The zero-order chi connectivity index (χ0) is 34.6. The van der Waals surface area contributed by atoms with Crippen LogP contribution >= 0.6 is 0 Å². The first-order valence-corrected chi connectivity index (χ1v) is 19.1. The first-order chi connectivity index (χ1) is 23.4. The number of hydrogen-bond acceptors (Lipinski definition) is 7. The number of likely N-dealkylation sites (tertiary alicyclic amines) is 1. The fraction of sp³-hybridized carbons (Fsp3) is 0.838. The second kappa shape index (κ2) is 13.7. The van der Waals surface area contributed by atoms with Crippen LogP contribution in [0.4, 0.5) is 9.18 Å². The fourth-order valence-corrected chi connectivity index (χ4v) is 11.0. The molecule has 0 aromatic rings. The smallest absolute Gasteiger partial charge is 0.410 e. The number of Topliss-reactive ketones (excluding diaryl/α,β-unsaturated/α-hetero) is 1. The molecule has 2 saturated heterocycles. The summed E-state index contributed by atoms with van der Waals surface area (Å²) < 4.78 is 29.8. The molecule has 6 fully saturated rings. The Morgan fingerprint density at radius 2 is 1.71 bits per heavy atom. The maximum Gasteiger partial charge on any atom is 0.410 e. The van der Waals surface area contributed by atoms with Crippen molar-refractivity contribution in [3.8, 4) is 0 Å². The summed E-state index contributed by atoms with van der Waals surface area (Å²) in [5, 5.41) is 2.89. The number of morpholine rings is 1. The topological polar surface area (TPSA) is 153 Å². The maximum absolute atomic E-state index is 16.9. The number of ketones is 1. The molecule has 4 saturated carbocycles. The lowest BCUT2D eigenvalue weighted by Gasteiger charge is -2.61. The van der Waals surface area contributed by atoms with E-state index in [0.717, 1.165) is 38.5 Å². The van der Waals surface area contributed by atoms with Crippen molar-refractivity contribution in [2.75, 3.05) is 19.6 Å². The molecular weight excluding hydrogens is 627 g/mol. The largest absolute Gasteiger partial charge is 0.444 e. The molecule has 11 nitrogen and oxygen atoms in total. The van der Waals surface area contributed by atoms with Crippen LogP contribution in [-0.2, 0) is 19.1 Å². The summed E-state index contributed by atoms with van der Waals surface area (Å²) in [5.41, 5.74) is 10.4. The average Bonchev–Trinajstić information content (AvgIpc) is 3.47. The predicted molar refractivity (Wildman–Crippen MR) is 183 cm³/mol. The summed E-state index contributed by atoms with van der Waals surface area (Å²) in [7, 11) is 0. The van der Waals surface area contributed by atoms with E-state index >= 15 is 4.39 Å². The summed E-state index contributed by atoms with van der Waals surface area (Å²) in [6.45, 7) is 7.03. The molecule has 0 aromatic heterocycles. The van der Waals surface area contributed by atoms with Gasteiger partial charge in [0.05, 0.1) is 29.9 Å². The molecule has 12 atom stereocenters. The Labute approximate surface area is 290 Å². The highest BCUT2D eigenvalue weighted by molar-refractivity contribution is 6.20. The number of guanidine groups is 1. The van der Waals surface area contributed by atoms with Crippen molar-refractivity contribution in [1.29, 1.82) is 0 Å². The summed E-state index contributed by atoms with van der Waals surface area (Å²) >= 11 is 0. The van der Waals surface area contributed by atoms with Gasteiger partial charge in [-0.3, -0.25) is 14.6 Å². The van der Waals surface area contributed by atoms with E-state index in [2.05, 4.69) is 15.2 Å². The van der Waals surface area contributed by atoms with Crippen LogP contribution in [0.2, 0.25) is 0 Å². The molecule has 4 aliphatic carbocycles. The van der Waals surface area contributed by atoms with Gasteiger partial charge in [-0.25, -0.2) is 9.18 Å². The standard InChI is InChI=1S/C37H57FN6O5/c1-37(2,3)49-36(47)43-13-6-10-22-14-23(16-27(22)43)30-26(38)18-24-31-33(30)48-29-17-21-9-5-4-8-20(21)15-28(29)44(31)19-25(32(24)45)34(46)41-11-7-12-42-35(39)40/h19-24,26-31,33H,4-18H2,1-3H3,(H,41,46)(H4,39,40,42). The highest BCUT2D eigenvalue weighted by Gasteiger charge is 2.62. The number of hydrogen-bond donors (Lipinski definition) is 3. The third-order valence-corrected chi connectivity index (χ3v) is 12.9. The number of fused-ring (bicyclic) bond motifs is 4. The number of nitrogens with zero attached hydrogens (tertiary/aromatic N) is 3. The Hall–Kier alpha value is -2.89. The minimum absolute atomic E-state index is 0.000221. The van der Waals surface area contributed by atoms with Crippen molar-refractivity contribution in [3.63, 3.8) is 0 Å². The van der Waals surface area contributed by atoms with E-state index in [9.17, 15) is 14.4 Å². The number of nitrogens with two attached hydrogens (primary N) is 2. The van der Waals surface area contributed by atoms with Crippen LogP contribution < -0.4 is 16.8 Å². The van der Waals surface area contributed by atoms with E-state index < -0.39 is 29.7 Å². The Kier molecular flexibility index (Phi) is 9.64. The Morgan fingerprint density at radius 3 is 2.45 bits per heavy atom. The van der Waals surface area contributed by atoms with Crippen LogP contribution in [0.3, 0.4) is 0 Å². The molecule has 0 bridgehead atoms. The van der Waals surface area contributed by atoms with Crippen LogP contribution in [0.25, 0.3) is 0 Å². The SMILES string of the molecule is CC(C)(C)OC(=O)N1CCCC2CC(C3C(F)CC4C(=O)C(C(=O)NCCCN=C(N)N)=CN5C6CC7CCCCC7CC6OC3C45)CC21. The molecule has 12 heteroatoms. The lowest BCUT2D eigenvalue weighted by atomic mass is 9.62. The van der Waals surface area contributed by atoms with Crippen molar-refractivity contribution in [3.05, 3.63) is 11.8 Å².